The van der Waals surface area contributed by atoms with Crippen molar-refractivity contribution in [1.82, 2.24) is 0 Å². The summed E-state index contributed by atoms with van der Waals surface area (Å²) < 4.78 is 17.5. The van der Waals surface area contributed by atoms with Gasteiger partial charge < -0.3 is 14.2 Å². The first-order valence-electron chi connectivity index (χ1n) is 14.5. The topological polar surface area (TPSA) is 61.8 Å². The minimum atomic E-state index is -0.443. The molecule has 0 aliphatic heterocycles. The predicted octanol–water partition coefficient (Wildman–Crippen LogP) is 9.48. The van der Waals surface area contributed by atoms with E-state index in [-0.39, 0.29) is 11.4 Å². The lowest BCUT2D eigenvalue weighted by Gasteiger charge is -2.24. The Balaban J connectivity index is 1.30. The Labute approximate surface area is 249 Å². The summed E-state index contributed by atoms with van der Waals surface area (Å²) in [5.74, 6) is 2.21. The molecule has 0 heterocycles. The normalized spacial score (nSPS) is 11.6. The second-order valence-corrected chi connectivity index (χ2v) is 11.8. The summed E-state index contributed by atoms with van der Waals surface area (Å²) in [7, 11) is 0. The Bertz CT molecular complexity index is 1480. The largest absolute Gasteiger partial charge is 0.488 e. The molecule has 0 aliphatic rings. The van der Waals surface area contributed by atoms with Crippen LogP contribution in [0.25, 0.3) is 0 Å². The van der Waals surface area contributed by atoms with E-state index >= 15 is 0 Å². The monoisotopic (exact) mass is 564 g/mol. The fourth-order valence-electron chi connectivity index (χ4n) is 4.16. The fraction of sp³-hybridized carbons (Fsp3) is 0.297. The molecule has 0 aliphatic carbocycles. The van der Waals surface area contributed by atoms with Gasteiger partial charge in [-0.25, -0.2) is 4.79 Å². The molecular formula is C37H40O5. The lowest BCUT2D eigenvalue weighted by Crippen LogP contribution is -2.26. The molecule has 218 valence electrons. The van der Waals surface area contributed by atoms with Gasteiger partial charge in [0, 0.05) is 11.0 Å². The van der Waals surface area contributed by atoms with Gasteiger partial charge in [-0.1, -0.05) is 52.0 Å². The van der Waals surface area contributed by atoms with E-state index in [2.05, 4.69) is 32.9 Å². The maximum absolute atomic E-state index is 12.7. The van der Waals surface area contributed by atoms with Crippen molar-refractivity contribution in [3.8, 4) is 23.0 Å². The van der Waals surface area contributed by atoms with Crippen LogP contribution in [0.3, 0.4) is 0 Å². The molecule has 0 saturated heterocycles. The van der Waals surface area contributed by atoms with Crippen LogP contribution in [0.2, 0.25) is 0 Å². The van der Waals surface area contributed by atoms with Crippen LogP contribution in [-0.4, -0.2) is 17.4 Å². The molecule has 0 amide bonds. The van der Waals surface area contributed by atoms with Gasteiger partial charge >= 0.3 is 5.97 Å². The quantitative estimate of drug-likeness (QED) is 0.0974. The zero-order chi connectivity index (χ0) is 30.3. The molecule has 4 aromatic rings. The summed E-state index contributed by atoms with van der Waals surface area (Å²) in [6, 6.07) is 29.6. The minimum Gasteiger partial charge on any atom is -0.488 e. The van der Waals surface area contributed by atoms with Crippen molar-refractivity contribution in [1.29, 1.82) is 0 Å². The highest BCUT2D eigenvalue weighted by atomic mass is 16.5. The molecule has 0 spiro atoms. The first kappa shape index (κ1) is 30.6. The Hall–Kier alpha value is -4.38. The summed E-state index contributed by atoms with van der Waals surface area (Å²) >= 11 is 0. The van der Waals surface area contributed by atoms with Crippen molar-refractivity contribution in [2.75, 3.05) is 0 Å². The Morgan fingerprint density at radius 2 is 1.02 bits per heavy atom. The number of ether oxygens (including phenoxy) is 3. The highest BCUT2D eigenvalue weighted by molar-refractivity contribution is 6.00. The van der Waals surface area contributed by atoms with Crippen LogP contribution in [0, 0.1) is 5.41 Å². The van der Waals surface area contributed by atoms with E-state index in [1.54, 1.807) is 48.5 Å². The summed E-state index contributed by atoms with van der Waals surface area (Å²) in [5.41, 5.74) is 2.79. The first-order valence-corrected chi connectivity index (χ1v) is 14.5. The summed E-state index contributed by atoms with van der Waals surface area (Å²) in [5, 5.41) is 0. The van der Waals surface area contributed by atoms with Gasteiger partial charge in [-0.15, -0.1) is 0 Å². The number of hydrogen-bond acceptors (Lipinski definition) is 5. The van der Waals surface area contributed by atoms with Gasteiger partial charge in [-0.3, -0.25) is 4.79 Å². The van der Waals surface area contributed by atoms with Crippen molar-refractivity contribution < 1.29 is 23.8 Å². The number of carbonyl (C=O) groups excluding carboxylic acids is 2. The van der Waals surface area contributed by atoms with E-state index in [0.29, 0.717) is 28.4 Å². The third kappa shape index (κ3) is 8.10. The van der Waals surface area contributed by atoms with E-state index in [4.69, 9.17) is 14.2 Å². The number of Topliss-reactive ketones (excluding diaryl/α,β-unsaturated/α-hetero) is 1. The molecule has 0 unspecified atom stereocenters. The molecule has 0 fully saturated rings. The third-order valence-electron chi connectivity index (χ3n) is 7.65. The van der Waals surface area contributed by atoms with Gasteiger partial charge in [0.1, 0.15) is 28.6 Å². The van der Waals surface area contributed by atoms with Gasteiger partial charge in [0.25, 0.3) is 0 Å². The van der Waals surface area contributed by atoms with Crippen LogP contribution in [0.1, 0.15) is 86.2 Å². The number of hydrogen-bond donors (Lipinski definition) is 0. The molecular weight excluding hydrogens is 524 g/mol. The van der Waals surface area contributed by atoms with Crippen molar-refractivity contribution in [3.63, 3.8) is 0 Å². The molecule has 0 radical (unpaired) electrons. The number of ketones is 1. The summed E-state index contributed by atoms with van der Waals surface area (Å²) in [6.45, 7) is 12.2. The zero-order valence-corrected chi connectivity index (χ0v) is 25.4. The van der Waals surface area contributed by atoms with Crippen LogP contribution in [0.4, 0.5) is 0 Å². The summed E-state index contributed by atoms with van der Waals surface area (Å²) in [4.78, 5) is 25.4. The van der Waals surface area contributed by atoms with Crippen molar-refractivity contribution in [2.45, 2.75) is 66.4 Å². The molecule has 0 saturated carbocycles. The molecule has 42 heavy (non-hydrogen) atoms. The number of esters is 1. The van der Waals surface area contributed by atoms with E-state index in [0.717, 1.165) is 30.6 Å². The molecule has 4 aromatic carbocycles. The fourth-order valence-corrected chi connectivity index (χ4v) is 4.16. The molecule has 5 nitrogen and oxygen atoms in total. The Kier molecular flexibility index (Phi) is 9.52. The number of benzene rings is 4. The highest BCUT2D eigenvalue weighted by Crippen LogP contribution is 2.28. The van der Waals surface area contributed by atoms with E-state index < -0.39 is 11.4 Å². The summed E-state index contributed by atoms with van der Waals surface area (Å²) in [6.07, 6.45) is 2.47. The number of rotatable bonds is 12. The predicted molar refractivity (Wildman–Crippen MR) is 167 cm³/mol. The molecule has 0 bridgehead atoms. The molecule has 4 rings (SSSR count). The zero-order valence-electron chi connectivity index (χ0n) is 25.4. The maximum atomic E-state index is 12.7. The second kappa shape index (κ2) is 13.1. The van der Waals surface area contributed by atoms with E-state index in [1.807, 2.05) is 57.2 Å². The third-order valence-corrected chi connectivity index (χ3v) is 7.65. The Morgan fingerprint density at radius 1 is 0.571 bits per heavy atom. The minimum absolute atomic E-state index is 0.112. The van der Waals surface area contributed by atoms with E-state index in [1.165, 1.54) is 5.56 Å². The molecule has 0 N–H and O–H groups in total. The van der Waals surface area contributed by atoms with Gasteiger partial charge in [0.05, 0.1) is 5.56 Å². The van der Waals surface area contributed by atoms with Crippen molar-refractivity contribution in [3.05, 3.63) is 119 Å². The van der Waals surface area contributed by atoms with Crippen LogP contribution >= 0.6 is 0 Å². The molecule has 0 aromatic heterocycles. The smallest absolute Gasteiger partial charge is 0.343 e. The number of carbonyl (C=O) groups is 2. The molecule has 5 heteroatoms. The Morgan fingerprint density at radius 3 is 1.50 bits per heavy atom. The van der Waals surface area contributed by atoms with Crippen LogP contribution in [-0.2, 0) is 6.42 Å². The van der Waals surface area contributed by atoms with Gasteiger partial charge in [-0.05, 0) is 117 Å². The van der Waals surface area contributed by atoms with Gasteiger partial charge in [-0.2, -0.15) is 0 Å². The first-order chi connectivity index (χ1) is 20.0. The average Bonchev–Trinajstić information content (AvgIpc) is 2.99. The van der Waals surface area contributed by atoms with E-state index in [9.17, 15) is 9.59 Å². The lowest BCUT2D eigenvalue weighted by atomic mass is 9.82. The van der Waals surface area contributed by atoms with Crippen molar-refractivity contribution >= 4 is 11.8 Å². The van der Waals surface area contributed by atoms with Gasteiger partial charge in [0.2, 0.25) is 0 Å². The average molecular weight is 565 g/mol. The van der Waals surface area contributed by atoms with Crippen LogP contribution in [0.15, 0.2) is 97.1 Å². The van der Waals surface area contributed by atoms with Gasteiger partial charge in [0.15, 0.2) is 5.78 Å². The molecule has 0 atom stereocenters. The SMILES string of the molecule is CCC(C)(C)Oc1ccc(Cc2ccc(OC(=O)c3ccc(Oc4ccc(C(=O)C(C)(C)CC)cc4)cc3)cc2)cc1. The van der Waals surface area contributed by atoms with Crippen LogP contribution in [0.5, 0.6) is 23.0 Å². The second-order valence-electron chi connectivity index (χ2n) is 11.8. The standard InChI is InChI=1S/C37H40O5/c1-7-36(3,4)34(38)28-13-21-30(22-14-28)40-31-23-15-29(16-24-31)35(39)41-32-17-9-26(10-18-32)25-27-11-19-33(20-12-27)42-37(5,6)8-2/h9-24H,7-8,25H2,1-6H3. The maximum Gasteiger partial charge on any atom is 0.343 e. The lowest BCUT2D eigenvalue weighted by molar-refractivity contribution is 0.0734. The van der Waals surface area contributed by atoms with Crippen molar-refractivity contribution in [2.24, 2.45) is 5.41 Å². The highest BCUT2D eigenvalue weighted by Gasteiger charge is 2.26. The van der Waals surface area contributed by atoms with Crippen LogP contribution < -0.4 is 14.2 Å².